The number of aromatic nitrogens is 2. The summed E-state index contributed by atoms with van der Waals surface area (Å²) in [5, 5.41) is 0. The molecule has 0 aliphatic carbocycles. The minimum atomic E-state index is 0.456. The smallest absolute Gasteiger partial charge is 0.224 e. The van der Waals surface area contributed by atoms with Gasteiger partial charge in [0.2, 0.25) is 5.88 Å². The summed E-state index contributed by atoms with van der Waals surface area (Å²) >= 11 is 0. The molecule has 0 aliphatic rings. The van der Waals surface area contributed by atoms with Crippen LogP contribution < -0.4 is 23.8 Å². The quantitative estimate of drug-likeness (QED) is 0.543. The van der Waals surface area contributed by atoms with Crippen molar-refractivity contribution in [2.24, 2.45) is 0 Å². The monoisotopic (exact) mass is 395 g/mol. The van der Waals surface area contributed by atoms with Gasteiger partial charge in [-0.3, -0.25) is 0 Å². The third kappa shape index (κ3) is 5.07. The first kappa shape index (κ1) is 20.3. The van der Waals surface area contributed by atoms with Crippen LogP contribution in [0.25, 0.3) is 0 Å². The molecule has 1 heterocycles. The molecule has 0 N–H and O–H groups in total. The molecule has 3 rings (SSSR count). The largest absolute Gasteiger partial charge is 0.493 e. The van der Waals surface area contributed by atoms with E-state index in [1.165, 1.54) is 6.33 Å². The number of ether oxygens (including phenoxy) is 4. The van der Waals surface area contributed by atoms with Gasteiger partial charge in [0.25, 0.3) is 0 Å². The fraction of sp³-hybridized carbons (Fsp3) is 0.273. The number of hydrogen-bond donors (Lipinski definition) is 0. The Labute approximate surface area is 170 Å². The number of methoxy groups -OCH3 is 3. The number of benzene rings is 2. The van der Waals surface area contributed by atoms with Crippen molar-refractivity contribution in [2.45, 2.75) is 6.42 Å². The number of likely N-dealkylation sites (N-methyl/N-ethyl adjacent to an activating group) is 1. The van der Waals surface area contributed by atoms with Crippen molar-refractivity contribution in [1.29, 1.82) is 0 Å². The van der Waals surface area contributed by atoms with Gasteiger partial charge in [0.1, 0.15) is 12.1 Å². The molecule has 0 amide bonds. The van der Waals surface area contributed by atoms with Crippen LogP contribution in [-0.2, 0) is 6.42 Å². The minimum Gasteiger partial charge on any atom is -0.493 e. The zero-order valence-electron chi connectivity index (χ0n) is 17.1. The maximum absolute atomic E-state index is 5.88. The molecule has 0 bridgehead atoms. The van der Waals surface area contributed by atoms with Crippen molar-refractivity contribution in [3.8, 4) is 28.9 Å². The first-order valence-electron chi connectivity index (χ1n) is 9.19. The Hall–Kier alpha value is -3.48. The molecule has 152 valence electrons. The van der Waals surface area contributed by atoms with E-state index in [4.69, 9.17) is 18.9 Å². The van der Waals surface area contributed by atoms with Crippen LogP contribution in [0.15, 0.2) is 54.9 Å². The van der Waals surface area contributed by atoms with E-state index in [0.717, 1.165) is 35.8 Å². The Bertz CT molecular complexity index is 949. The van der Waals surface area contributed by atoms with Crippen LogP contribution >= 0.6 is 0 Å². The van der Waals surface area contributed by atoms with Crippen molar-refractivity contribution in [1.82, 2.24) is 9.97 Å². The van der Waals surface area contributed by atoms with E-state index >= 15 is 0 Å². The lowest BCUT2D eigenvalue weighted by Crippen LogP contribution is -2.21. The van der Waals surface area contributed by atoms with Crippen molar-refractivity contribution in [2.75, 3.05) is 39.8 Å². The third-order valence-electron chi connectivity index (χ3n) is 4.49. The predicted octanol–water partition coefficient (Wildman–Crippen LogP) is 3.97. The summed E-state index contributed by atoms with van der Waals surface area (Å²) in [5.41, 5.74) is 1.15. The Kier molecular flexibility index (Phi) is 6.73. The average molecular weight is 395 g/mol. The topological polar surface area (TPSA) is 65.9 Å². The van der Waals surface area contributed by atoms with E-state index in [-0.39, 0.29) is 0 Å². The Morgan fingerprint density at radius 3 is 2.21 bits per heavy atom. The molecule has 0 saturated carbocycles. The molecule has 2 aromatic carbocycles. The van der Waals surface area contributed by atoms with Crippen LogP contribution in [-0.4, -0.2) is 44.9 Å². The Morgan fingerprint density at radius 1 is 0.793 bits per heavy atom. The normalized spacial score (nSPS) is 10.3. The van der Waals surface area contributed by atoms with E-state index in [1.807, 2.05) is 54.4 Å². The predicted molar refractivity (Wildman–Crippen MR) is 112 cm³/mol. The van der Waals surface area contributed by atoms with E-state index in [2.05, 4.69) is 9.97 Å². The van der Waals surface area contributed by atoms with Crippen LogP contribution in [0.1, 0.15) is 5.56 Å². The van der Waals surface area contributed by atoms with Gasteiger partial charge in [0, 0.05) is 19.7 Å². The highest BCUT2D eigenvalue weighted by atomic mass is 16.5. The molecular weight excluding hydrogens is 370 g/mol. The van der Waals surface area contributed by atoms with Gasteiger partial charge >= 0.3 is 0 Å². The summed E-state index contributed by atoms with van der Waals surface area (Å²) in [7, 11) is 6.86. The molecule has 0 atom stereocenters. The van der Waals surface area contributed by atoms with Crippen molar-refractivity contribution in [3.63, 3.8) is 0 Å². The zero-order chi connectivity index (χ0) is 20.6. The van der Waals surface area contributed by atoms with Gasteiger partial charge in [-0.15, -0.1) is 0 Å². The molecule has 7 nitrogen and oxygen atoms in total. The minimum absolute atomic E-state index is 0.456. The van der Waals surface area contributed by atoms with Gasteiger partial charge in [-0.25, -0.2) is 9.97 Å². The summed E-state index contributed by atoms with van der Waals surface area (Å²) in [6.07, 6.45) is 2.32. The summed E-state index contributed by atoms with van der Waals surface area (Å²) in [6, 6.07) is 15.2. The molecular formula is C22H25N3O4. The van der Waals surface area contributed by atoms with Crippen LogP contribution in [0.3, 0.4) is 0 Å². The summed E-state index contributed by atoms with van der Waals surface area (Å²) in [6.45, 7) is 0.764. The first-order valence-corrected chi connectivity index (χ1v) is 9.19. The summed E-state index contributed by atoms with van der Waals surface area (Å²) in [5.74, 6) is 3.92. The number of rotatable bonds is 9. The molecule has 7 heteroatoms. The number of hydrogen-bond acceptors (Lipinski definition) is 7. The second-order valence-electron chi connectivity index (χ2n) is 6.33. The lowest BCUT2D eigenvalue weighted by molar-refractivity contribution is 0.354. The molecule has 3 aromatic rings. The Balaban J connectivity index is 1.67. The molecule has 0 radical (unpaired) electrons. The van der Waals surface area contributed by atoms with Crippen LogP contribution in [0.4, 0.5) is 5.82 Å². The standard InChI is InChI=1S/C22H25N3O4/c1-25(12-11-16-9-10-18(27-3)20(13-16)28-4)21-14-22(24-15-23-21)29-19-8-6-5-7-17(19)26-2/h5-10,13-15H,11-12H2,1-4H3. The van der Waals surface area contributed by atoms with Gasteiger partial charge in [-0.2, -0.15) is 0 Å². The maximum Gasteiger partial charge on any atom is 0.224 e. The van der Waals surface area contributed by atoms with E-state index in [1.54, 1.807) is 27.4 Å². The zero-order valence-corrected chi connectivity index (χ0v) is 17.1. The van der Waals surface area contributed by atoms with Crippen LogP contribution in [0.2, 0.25) is 0 Å². The van der Waals surface area contributed by atoms with E-state index < -0.39 is 0 Å². The molecule has 0 spiro atoms. The molecule has 29 heavy (non-hydrogen) atoms. The van der Waals surface area contributed by atoms with Gasteiger partial charge < -0.3 is 23.8 Å². The molecule has 0 fully saturated rings. The van der Waals surface area contributed by atoms with Gasteiger partial charge in [-0.05, 0) is 36.2 Å². The van der Waals surface area contributed by atoms with Crippen molar-refractivity contribution < 1.29 is 18.9 Å². The maximum atomic E-state index is 5.88. The first-order chi connectivity index (χ1) is 14.1. The molecule has 1 aromatic heterocycles. The van der Waals surface area contributed by atoms with Crippen molar-refractivity contribution >= 4 is 5.82 Å². The van der Waals surface area contributed by atoms with Crippen molar-refractivity contribution in [3.05, 3.63) is 60.4 Å². The van der Waals surface area contributed by atoms with Gasteiger partial charge in [0.05, 0.1) is 21.3 Å². The summed E-state index contributed by atoms with van der Waals surface area (Å²) in [4.78, 5) is 10.6. The number of para-hydroxylation sites is 2. The molecule has 0 saturated heterocycles. The molecule has 0 aliphatic heterocycles. The lowest BCUT2D eigenvalue weighted by Gasteiger charge is -2.19. The highest BCUT2D eigenvalue weighted by Crippen LogP contribution is 2.31. The lowest BCUT2D eigenvalue weighted by atomic mass is 10.1. The third-order valence-corrected chi connectivity index (χ3v) is 4.49. The highest BCUT2D eigenvalue weighted by molar-refractivity contribution is 5.46. The van der Waals surface area contributed by atoms with E-state index in [0.29, 0.717) is 17.4 Å². The second-order valence-corrected chi connectivity index (χ2v) is 6.33. The molecule has 0 unspecified atom stereocenters. The fourth-order valence-corrected chi connectivity index (χ4v) is 2.86. The Morgan fingerprint density at radius 2 is 1.48 bits per heavy atom. The van der Waals surface area contributed by atoms with E-state index in [9.17, 15) is 0 Å². The summed E-state index contributed by atoms with van der Waals surface area (Å²) < 4.78 is 21.9. The second kappa shape index (κ2) is 9.64. The average Bonchev–Trinajstić information content (AvgIpc) is 2.77. The fourth-order valence-electron chi connectivity index (χ4n) is 2.86. The SMILES string of the molecule is COc1ccc(CCN(C)c2cc(Oc3ccccc3OC)ncn2)cc1OC. The van der Waals surface area contributed by atoms with Gasteiger partial charge in [-0.1, -0.05) is 18.2 Å². The van der Waals surface area contributed by atoms with Crippen LogP contribution in [0, 0.1) is 0 Å². The van der Waals surface area contributed by atoms with Crippen LogP contribution in [0.5, 0.6) is 28.9 Å². The highest BCUT2D eigenvalue weighted by Gasteiger charge is 2.10. The number of anilines is 1. The number of nitrogens with zero attached hydrogens (tertiary/aromatic N) is 3. The van der Waals surface area contributed by atoms with Gasteiger partial charge in [0.15, 0.2) is 23.0 Å².